The van der Waals surface area contributed by atoms with E-state index in [0.717, 1.165) is 18.5 Å². The van der Waals surface area contributed by atoms with Crippen LogP contribution in [-0.2, 0) is 11.3 Å². The van der Waals surface area contributed by atoms with E-state index < -0.39 is 0 Å². The number of aromatic nitrogens is 1. The summed E-state index contributed by atoms with van der Waals surface area (Å²) in [5.41, 5.74) is 2.87. The van der Waals surface area contributed by atoms with Gasteiger partial charge in [0, 0.05) is 38.6 Å². The molecule has 0 aliphatic rings. The van der Waals surface area contributed by atoms with Crippen molar-refractivity contribution in [2.45, 2.75) is 19.9 Å². The maximum Gasteiger partial charge on any atom is 0.251 e. The predicted octanol–water partition coefficient (Wildman–Crippen LogP) is 2.77. The third-order valence-electron chi connectivity index (χ3n) is 3.39. The minimum absolute atomic E-state index is 0.103. The SMILES string of the molecule is COCCCNc1cc(C(=O)NCc2cccc(C)c2)ccn1. The molecule has 0 aliphatic carbocycles. The van der Waals surface area contributed by atoms with Gasteiger partial charge >= 0.3 is 0 Å². The first-order valence-corrected chi connectivity index (χ1v) is 7.71. The molecular weight excluding hydrogens is 290 g/mol. The van der Waals surface area contributed by atoms with Gasteiger partial charge in [-0.05, 0) is 31.0 Å². The molecule has 5 heteroatoms. The lowest BCUT2D eigenvalue weighted by Crippen LogP contribution is -2.23. The Morgan fingerprint density at radius 1 is 1.26 bits per heavy atom. The van der Waals surface area contributed by atoms with Crippen LogP contribution in [0.4, 0.5) is 5.82 Å². The molecular formula is C18H23N3O2. The molecule has 0 saturated carbocycles. The van der Waals surface area contributed by atoms with Gasteiger partial charge in [-0.1, -0.05) is 29.8 Å². The van der Waals surface area contributed by atoms with Crippen LogP contribution < -0.4 is 10.6 Å². The molecule has 1 amide bonds. The zero-order valence-electron chi connectivity index (χ0n) is 13.6. The molecule has 0 atom stereocenters. The minimum Gasteiger partial charge on any atom is -0.385 e. The number of hydrogen-bond acceptors (Lipinski definition) is 4. The zero-order chi connectivity index (χ0) is 16.5. The smallest absolute Gasteiger partial charge is 0.251 e. The van der Waals surface area contributed by atoms with Gasteiger partial charge in [-0.3, -0.25) is 4.79 Å². The van der Waals surface area contributed by atoms with Gasteiger partial charge in [-0.15, -0.1) is 0 Å². The van der Waals surface area contributed by atoms with Gasteiger partial charge in [0.05, 0.1) is 0 Å². The average molecular weight is 313 g/mol. The van der Waals surface area contributed by atoms with E-state index in [0.29, 0.717) is 24.5 Å². The van der Waals surface area contributed by atoms with E-state index in [1.54, 1.807) is 25.4 Å². The number of amides is 1. The average Bonchev–Trinajstić information content (AvgIpc) is 2.57. The van der Waals surface area contributed by atoms with Crippen LogP contribution in [0.5, 0.6) is 0 Å². The third kappa shape index (κ3) is 5.71. The quantitative estimate of drug-likeness (QED) is 0.736. The van der Waals surface area contributed by atoms with Crippen molar-refractivity contribution >= 4 is 11.7 Å². The summed E-state index contributed by atoms with van der Waals surface area (Å²) in [7, 11) is 1.68. The largest absolute Gasteiger partial charge is 0.385 e. The number of carbonyl (C=O) groups excluding carboxylic acids is 1. The van der Waals surface area contributed by atoms with Crippen LogP contribution in [0.3, 0.4) is 0 Å². The first-order valence-electron chi connectivity index (χ1n) is 7.71. The van der Waals surface area contributed by atoms with E-state index >= 15 is 0 Å². The molecule has 0 unspecified atom stereocenters. The molecule has 0 saturated heterocycles. The molecule has 2 N–H and O–H groups in total. The van der Waals surface area contributed by atoms with Crippen LogP contribution in [0.2, 0.25) is 0 Å². The second-order valence-corrected chi connectivity index (χ2v) is 5.37. The second kappa shape index (κ2) is 8.90. The van der Waals surface area contributed by atoms with Gasteiger partial charge in [0.25, 0.3) is 5.91 Å². The maximum absolute atomic E-state index is 12.2. The van der Waals surface area contributed by atoms with E-state index in [1.807, 2.05) is 25.1 Å². The van der Waals surface area contributed by atoms with Crippen LogP contribution in [0.1, 0.15) is 27.9 Å². The lowest BCUT2D eigenvalue weighted by molar-refractivity contribution is 0.0951. The van der Waals surface area contributed by atoms with Crippen molar-refractivity contribution in [2.75, 3.05) is 25.6 Å². The normalized spacial score (nSPS) is 10.3. The molecule has 0 fully saturated rings. The number of rotatable bonds is 8. The summed E-state index contributed by atoms with van der Waals surface area (Å²) in [6.07, 6.45) is 2.53. The number of benzene rings is 1. The minimum atomic E-state index is -0.103. The summed E-state index contributed by atoms with van der Waals surface area (Å²) in [6, 6.07) is 11.6. The second-order valence-electron chi connectivity index (χ2n) is 5.37. The maximum atomic E-state index is 12.2. The molecule has 2 rings (SSSR count). The highest BCUT2D eigenvalue weighted by Gasteiger charge is 2.06. The number of ether oxygens (including phenoxy) is 1. The van der Waals surface area contributed by atoms with Gasteiger partial charge in [-0.25, -0.2) is 4.98 Å². The predicted molar refractivity (Wildman–Crippen MR) is 91.6 cm³/mol. The molecule has 122 valence electrons. The fraction of sp³-hybridized carbons (Fsp3) is 0.333. The summed E-state index contributed by atoms with van der Waals surface area (Å²) in [5, 5.41) is 6.12. The lowest BCUT2D eigenvalue weighted by Gasteiger charge is -2.08. The Morgan fingerprint density at radius 2 is 2.13 bits per heavy atom. The summed E-state index contributed by atoms with van der Waals surface area (Å²) in [5.74, 6) is 0.596. The molecule has 1 heterocycles. The molecule has 1 aromatic carbocycles. The van der Waals surface area contributed by atoms with Crippen LogP contribution in [0.25, 0.3) is 0 Å². The van der Waals surface area contributed by atoms with Crippen molar-refractivity contribution in [3.63, 3.8) is 0 Å². The Bertz CT molecular complexity index is 644. The molecule has 1 aromatic heterocycles. The van der Waals surface area contributed by atoms with Crippen molar-refractivity contribution < 1.29 is 9.53 Å². The highest BCUT2D eigenvalue weighted by Crippen LogP contribution is 2.08. The summed E-state index contributed by atoms with van der Waals surface area (Å²) >= 11 is 0. The van der Waals surface area contributed by atoms with Crippen LogP contribution in [0, 0.1) is 6.92 Å². The van der Waals surface area contributed by atoms with E-state index in [4.69, 9.17) is 4.74 Å². The Hall–Kier alpha value is -2.40. The van der Waals surface area contributed by atoms with Crippen LogP contribution >= 0.6 is 0 Å². The highest BCUT2D eigenvalue weighted by molar-refractivity contribution is 5.94. The van der Waals surface area contributed by atoms with E-state index in [-0.39, 0.29) is 5.91 Å². The molecule has 2 aromatic rings. The number of pyridine rings is 1. The standard InChI is InChI=1S/C18H23N3O2/c1-14-5-3-6-15(11-14)13-21-18(22)16-7-9-20-17(12-16)19-8-4-10-23-2/h3,5-7,9,11-12H,4,8,10,13H2,1-2H3,(H,19,20)(H,21,22). The van der Waals surface area contributed by atoms with Gasteiger partial charge in [0.15, 0.2) is 0 Å². The fourth-order valence-corrected chi connectivity index (χ4v) is 2.21. The van der Waals surface area contributed by atoms with Crippen LogP contribution in [0.15, 0.2) is 42.6 Å². The monoisotopic (exact) mass is 313 g/mol. The topological polar surface area (TPSA) is 63.2 Å². The summed E-state index contributed by atoms with van der Waals surface area (Å²) in [6.45, 7) is 4.01. The number of carbonyl (C=O) groups is 1. The van der Waals surface area contributed by atoms with Gasteiger partial charge in [-0.2, -0.15) is 0 Å². The van der Waals surface area contributed by atoms with Crippen LogP contribution in [-0.4, -0.2) is 31.2 Å². The molecule has 23 heavy (non-hydrogen) atoms. The lowest BCUT2D eigenvalue weighted by atomic mass is 10.1. The first kappa shape index (κ1) is 17.0. The van der Waals surface area contributed by atoms with E-state index in [9.17, 15) is 4.79 Å². The summed E-state index contributed by atoms with van der Waals surface area (Å²) in [4.78, 5) is 16.5. The fourth-order valence-electron chi connectivity index (χ4n) is 2.21. The Labute approximate surface area is 137 Å². The Kier molecular flexibility index (Phi) is 6.56. The third-order valence-corrected chi connectivity index (χ3v) is 3.39. The van der Waals surface area contributed by atoms with Gasteiger partial charge in [0.2, 0.25) is 0 Å². The molecule has 0 radical (unpaired) electrons. The molecule has 0 spiro atoms. The van der Waals surface area contributed by atoms with Gasteiger partial charge < -0.3 is 15.4 Å². The number of nitrogens with one attached hydrogen (secondary N) is 2. The van der Waals surface area contributed by atoms with Crippen molar-refractivity contribution in [3.05, 3.63) is 59.3 Å². The number of methoxy groups -OCH3 is 1. The van der Waals surface area contributed by atoms with Crippen molar-refractivity contribution in [3.8, 4) is 0 Å². The number of nitrogens with zero attached hydrogens (tertiary/aromatic N) is 1. The number of hydrogen-bond donors (Lipinski definition) is 2. The Balaban J connectivity index is 1.89. The molecule has 5 nitrogen and oxygen atoms in total. The van der Waals surface area contributed by atoms with E-state index in [2.05, 4.69) is 21.7 Å². The molecule has 0 aliphatic heterocycles. The van der Waals surface area contributed by atoms with E-state index in [1.165, 1.54) is 5.56 Å². The van der Waals surface area contributed by atoms with Crippen molar-refractivity contribution in [1.82, 2.24) is 10.3 Å². The summed E-state index contributed by atoms with van der Waals surface area (Å²) < 4.78 is 5.00. The Morgan fingerprint density at radius 3 is 2.91 bits per heavy atom. The van der Waals surface area contributed by atoms with Gasteiger partial charge in [0.1, 0.15) is 5.82 Å². The molecule has 0 bridgehead atoms. The zero-order valence-corrected chi connectivity index (χ0v) is 13.6. The van der Waals surface area contributed by atoms with Crippen molar-refractivity contribution in [2.24, 2.45) is 0 Å². The highest BCUT2D eigenvalue weighted by atomic mass is 16.5. The number of aryl methyl sites for hydroxylation is 1. The number of anilines is 1. The van der Waals surface area contributed by atoms with Crippen molar-refractivity contribution in [1.29, 1.82) is 0 Å². The first-order chi connectivity index (χ1) is 11.2.